The average Bonchev–Trinajstić information content (AvgIpc) is 2.54. The number of carbonyl (C=O) groups is 3. The number of carbonyl (C=O) groups excluding carboxylic acids is 2. The molecule has 0 bridgehead atoms. The van der Waals surface area contributed by atoms with Crippen molar-refractivity contribution in [3.8, 4) is 0 Å². The molecule has 8 heteroatoms. The number of nitrogens with one attached hydrogen (secondary N) is 1. The lowest BCUT2D eigenvalue weighted by Gasteiger charge is -2.30. The van der Waals surface area contributed by atoms with Crippen LogP contribution >= 0.6 is 0 Å². The van der Waals surface area contributed by atoms with Gasteiger partial charge in [-0.2, -0.15) is 0 Å². The summed E-state index contributed by atoms with van der Waals surface area (Å²) < 4.78 is 10.3. The van der Waals surface area contributed by atoms with Gasteiger partial charge in [-0.15, -0.1) is 0 Å². The van der Waals surface area contributed by atoms with Crippen LogP contribution < -0.4 is 5.43 Å². The number of carboxylic acids is 1. The van der Waals surface area contributed by atoms with Gasteiger partial charge in [0.1, 0.15) is 12.2 Å². The first-order chi connectivity index (χ1) is 12.5. The number of benzene rings is 1. The van der Waals surface area contributed by atoms with E-state index in [9.17, 15) is 19.5 Å². The number of carboxylic acid groups (broad SMARTS) is 1. The van der Waals surface area contributed by atoms with E-state index in [-0.39, 0.29) is 18.9 Å². The van der Waals surface area contributed by atoms with Crippen LogP contribution in [0.4, 0.5) is 9.59 Å². The molecule has 0 fully saturated rings. The number of nitrogens with zero attached hydrogens (tertiary/aromatic N) is 1. The largest absolute Gasteiger partial charge is 0.480 e. The molecule has 2 N–H and O–H groups in total. The van der Waals surface area contributed by atoms with Gasteiger partial charge >= 0.3 is 18.2 Å². The molecule has 0 radical (unpaired) electrons. The van der Waals surface area contributed by atoms with Gasteiger partial charge in [0.05, 0.1) is 0 Å². The molecule has 1 atom stereocenters. The molecule has 0 aromatic heterocycles. The minimum Gasteiger partial charge on any atom is -0.480 e. The third-order valence-electron chi connectivity index (χ3n) is 3.30. The minimum absolute atomic E-state index is 0.0315. The van der Waals surface area contributed by atoms with E-state index in [1.807, 2.05) is 19.9 Å². The third-order valence-corrected chi connectivity index (χ3v) is 3.30. The molecule has 0 aliphatic heterocycles. The van der Waals surface area contributed by atoms with Gasteiger partial charge < -0.3 is 14.6 Å². The van der Waals surface area contributed by atoms with Crippen molar-refractivity contribution in [2.24, 2.45) is 5.92 Å². The zero-order valence-electron chi connectivity index (χ0n) is 16.4. The van der Waals surface area contributed by atoms with E-state index in [4.69, 9.17) is 9.47 Å². The highest BCUT2D eigenvalue weighted by molar-refractivity contribution is 5.82. The van der Waals surface area contributed by atoms with Crippen molar-refractivity contribution in [3.63, 3.8) is 0 Å². The highest BCUT2D eigenvalue weighted by atomic mass is 16.6. The van der Waals surface area contributed by atoms with Crippen molar-refractivity contribution in [3.05, 3.63) is 35.9 Å². The normalized spacial score (nSPS) is 12.2. The Morgan fingerprint density at radius 3 is 2.22 bits per heavy atom. The molecule has 0 heterocycles. The first kappa shape index (κ1) is 22.3. The summed E-state index contributed by atoms with van der Waals surface area (Å²) in [5, 5.41) is 10.2. The van der Waals surface area contributed by atoms with Crippen LogP contribution in [-0.2, 0) is 20.9 Å². The predicted molar refractivity (Wildman–Crippen MR) is 98.7 cm³/mol. The maximum atomic E-state index is 12.5. The Morgan fingerprint density at radius 1 is 1.15 bits per heavy atom. The second-order valence-electron chi connectivity index (χ2n) is 7.51. The zero-order chi connectivity index (χ0) is 20.6. The van der Waals surface area contributed by atoms with Gasteiger partial charge in [0.2, 0.25) is 0 Å². The van der Waals surface area contributed by atoms with Crippen LogP contribution in [0.2, 0.25) is 0 Å². The number of ether oxygens (including phenoxy) is 2. The maximum Gasteiger partial charge on any atom is 0.429 e. The van der Waals surface area contributed by atoms with E-state index >= 15 is 0 Å². The molecule has 0 saturated heterocycles. The fraction of sp³-hybridized carbons (Fsp3) is 0.526. The first-order valence-electron chi connectivity index (χ1n) is 8.72. The molecule has 0 saturated carbocycles. The van der Waals surface area contributed by atoms with E-state index in [1.165, 1.54) is 0 Å². The molecule has 0 aliphatic carbocycles. The fourth-order valence-corrected chi connectivity index (χ4v) is 2.20. The number of hydrazine groups is 1. The third kappa shape index (κ3) is 8.44. The Bertz CT molecular complexity index is 639. The lowest BCUT2D eigenvalue weighted by Crippen LogP contribution is -2.56. The van der Waals surface area contributed by atoms with Crippen LogP contribution in [-0.4, -0.2) is 39.9 Å². The monoisotopic (exact) mass is 380 g/mol. The zero-order valence-corrected chi connectivity index (χ0v) is 16.4. The van der Waals surface area contributed by atoms with Gasteiger partial charge in [0.15, 0.2) is 6.04 Å². The highest BCUT2D eigenvalue weighted by Crippen LogP contribution is 2.14. The van der Waals surface area contributed by atoms with Crippen LogP contribution in [0, 0.1) is 5.92 Å². The number of amides is 2. The quantitative estimate of drug-likeness (QED) is 0.731. The Kier molecular flexibility index (Phi) is 8.08. The fourth-order valence-electron chi connectivity index (χ4n) is 2.20. The van der Waals surface area contributed by atoms with E-state index in [2.05, 4.69) is 5.43 Å². The van der Waals surface area contributed by atoms with Crippen LogP contribution in [0.15, 0.2) is 30.3 Å². The Balaban J connectivity index is 2.94. The molecule has 0 unspecified atom stereocenters. The van der Waals surface area contributed by atoms with Crippen molar-refractivity contribution in [1.82, 2.24) is 10.4 Å². The SMILES string of the molecule is CC(C)C[C@@H](C(=O)O)N(NC(=O)OC(C)(C)C)C(=O)OCc1ccccc1. The summed E-state index contributed by atoms with van der Waals surface area (Å²) in [6.45, 7) is 8.56. The Labute approximate surface area is 159 Å². The van der Waals surface area contributed by atoms with Crippen molar-refractivity contribution in [1.29, 1.82) is 0 Å². The van der Waals surface area contributed by atoms with Gasteiger partial charge in [-0.05, 0) is 38.7 Å². The van der Waals surface area contributed by atoms with Crippen LogP contribution in [0.25, 0.3) is 0 Å². The molecule has 2 amide bonds. The molecule has 0 spiro atoms. The van der Waals surface area contributed by atoms with Crippen LogP contribution in [0.1, 0.15) is 46.6 Å². The smallest absolute Gasteiger partial charge is 0.429 e. The molecular formula is C19H28N2O6. The lowest BCUT2D eigenvalue weighted by molar-refractivity contribution is -0.144. The highest BCUT2D eigenvalue weighted by Gasteiger charge is 2.34. The maximum absolute atomic E-state index is 12.5. The van der Waals surface area contributed by atoms with Gasteiger partial charge in [-0.1, -0.05) is 44.2 Å². The minimum atomic E-state index is -1.29. The van der Waals surface area contributed by atoms with Crippen LogP contribution in [0.3, 0.4) is 0 Å². The molecule has 1 aromatic carbocycles. The summed E-state index contributed by atoms with van der Waals surface area (Å²) in [4.78, 5) is 36.3. The Hall–Kier alpha value is -2.77. The van der Waals surface area contributed by atoms with Gasteiger partial charge in [-0.25, -0.2) is 24.8 Å². The molecule has 1 aromatic rings. The number of rotatable bonds is 6. The van der Waals surface area contributed by atoms with Crippen molar-refractivity contribution >= 4 is 18.2 Å². The van der Waals surface area contributed by atoms with Gasteiger partial charge in [0, 0.05) is 0 Å². The standard InChI is InChI=1S/C19H28N2O6/c1-13(2)11-15(16(22)23)21(20-17(24)27-19(3,4)5)18(25)26-12-14-9-7-6-8-10-14/h6-10,13,15H,11-12H2,1-5H3,(H,20,24)(H,22,23)/t15-/m0/s1. The number of aliphatic carboxylic acids is 1. The molecule has 1 rings (SSSR count). The van der Waals surface area contributed by atoms with E-state index < -0.39 is 29.8 Å². The summed E-state index contributed by atoms with van der Waals surface area (Å²) in [6.07, 6.45) is -1.78. The summed E-state index contributed by atoms with van der Waals surface area (Å²) >= 11 is 0. The average molecular weight is 380 g/mol. The number of hydrogen-bond acceptors (Lipinski definition) is 5. The first-order valence-corrected chi connectivity index (χ1v) is 8.72. The van der Waals surface area contributed by atoms with Crippen molar-refractivity contribution in [2.45, 2.75) is 59.3 Å². The molecular weight excluding hydrogens is 352 g/mol. The van der Waals surface area contributed by atoms with Crippen molar-refractivity contribution < 1.29 is 29.0 Å². The summed E-state index contributed by atoms with van der Waals surface area (Å²) in [6, 6.07) is 7.65. The summed E-state index contributed by atoms with van der Waals surface area (Å²) in [7, 11) is 0. The molecule has 150 valence electrons. The van der Waals surface area contributed by atoms with Crippen LogP contribution in [0.5, 0.6) is 0 Å². The number of hydrogen-bond donors (Lipinski definition) is 2. The Morgan fingerprint density at radius 2 is 1.74 bits per heavy atom. The van der Waals surface area contributed by atoms with E-state index in [0.717, 1.165) is 5.56 Å². The summed E-state index contributed by atoms with van der Waals surface area (Å²) in [5.74, 6) is -1.28. The predicted octanol–water partition coefficient (Wildman–Crippen LogP) is 3.56. The topological polar surface area (TPSA) is 105 Å². The lowest BCUT2D eigenvalue weighted by atomic mass is 10.0. The van der Waals surface area contributed by atoms with Gasteiger partial charge in [0.25, 0.3) is 0 Å². The second kappa shape index (κ2) is 9.80. The van der Waals surface area contributed by atoms with E-state index in [1.54, 1.807) is 45.0 Å². The van der Waals surface area contributed by atoms with E-state index in [0.29, 0.717) is 5.01 Å². The molecule has 8 nitrogen and oxygen atoms in total. The molecule has 0 aliphatic rings. The molecule has 27 heavy (non-hydrogen) atoms. The van der Waals surface area contributed by atoms with Crippen molar-refractivity contribution in [2.75, 3.05) is 0 Å². The second-order valence-corrected chi connectivity index (χ2v) is 7.51. The van der Waals surface area contributed by atoms with Gasteiger partial charge in [-0.3, -0.25) is 0 Å². The summed E-state index contributed by atoms with van der Waals surface area (Å²) in [5.41, 5.74) is 2.14.